The highest BCUT2D eigenvalue weighted by Gasteiger charge is 2.12. The molecule has 0 amide bonds. The van der Waals surface area contributed by atoms with Gasteiger partial charge in [-0.3, -0.25) is 9.97 Å². The van der Waals surface area contributed by atoms with Gasteiger partial charge in [0.25, 0.3) is 0 Å². The van der Waals surface area contributed by atoms with Gasteiger partial charge in [-0.15, -0.1) is 0 Å². The summed E-state index contributed by atoms with van der Waals surface area (Å²) in [4.78, 5) is 12.4. The third kappa shape index (κ3) is 3.99. The Balaban J connectivity index is 1.74. The molecule has 0 aliphatic heterocycles. The zero-order valence-corrected chi connectivity index (χ0v) is 11.8. The van der Waals surface area contributed by atoms with Gasteiger partial charge < -0.3 is 4.57 Å². The summed E-state index contributed by atoms with van der Waals surface area (Å²) in [5.74, 6) is 1.42. The van der Waals surface area contributed by atoms with Gasteiger partial charge in [0.05, 0.1) is 6.33 Å². The predicted molar refractivity (Wildman–Crippen MR) is 81.4 cm³/mol. The van der Waals surface area contributed by atoms with Crippen molar-refractivity contribution in [3.8, 4) is 0 Å². The Morgan fingerprint density at radius 1 is 0.857 bits per heavy atom. The van der Waals surface area contributed by atoms with E-state index in [1.54, 1.807) is 0 Å². The van der Waals surface area contributed by atoms with Crippen molar-refractivity contribution in [1.29, 1.82) is 0 Å². The van der Waals surface area contributed by atoms with Crippen LogP contribution in [0.4, 0.5) is 0 Å². The van der Waals surface area contributed by atoms with Gasteiger partial charge >= 0.3 is 0 Å². The predicted octanol–water partition coefficient (Wildman–Crippen LogP) is 2.73. The molecule has 0 N–H and O–H groups in total. The van der Waals surface area contributed by atoms with Gasteiger partial charge in [0.2, 0.25) is 0 Å². The molecule has 0 aromatic carbocycles. The van der Waals surface area contributed by atoms with E-state index in [2.05, 4.69) is 37.7 Å². The summed E-state index contributed by atoms with van der Waals surface area (Å²) in [5, 5.41) is 0. The Bertz CT molecular complexity index is 594. The molecular formula is C17H17N4. The van der Waals surface area contributed by atoms with Crippen molar-refractivity contribution in [2.45, 2.75) is 19.4 Å². The van der Waals surface area contributed by atoms with E-state index in [0.717, 1.165) is 19.4 Å². The molecule has 0 atom stereocenters. The van der Waals surface area contributed by atoms with Crippen LogP contribution in [0.3, 0.4) is 0 Å². The molecular weight excluding hydrogens is 260 g/mol. The van der Waals surface area contributed by atoms with Crippen LogP contribution in [0.1, 0.15) is 11.1 Å². The minimum atomic E-state index is 0.872. The lowest BCUT2D eigenvalue weighted by Gasteiger charge is -2.17. The molecule has 0 aliphatic carbocycles. The fraction of sp³-hybridized carbons (Fsp3) is 0.176. The molecule has 0 aliphatic rings. The van der Waals surface area contributed by atoms with E-state index in [0.29, 0.717) is 0 Å². The lowest BCUT2D eigenvalue weighted by atomic mass is 9.93. The molecule has 3 aromatic heterocycles. The van der Waals surface area contributed by atoms with Crippen LogP contribution in [0.15, 0.2) is 67.8 Å². The van der Waals surface area contributed by atoms with Crippen LogP contribution in [-0.2, 0) is 19.4 Å². The monoisotopic (exact) mass is 277 g/mol. The van der Waals surface area contributed by atoms with E-state index in [1.165, 1.54) is 17.0 Å². The molecule has 3 rings (SSSR count). The molecule has 21 heavy (non-hydrogen) atoms. The van der Waals surface area contributed by atoms with Gasteiger partial charge in [0.15, 0.2) is 0 Å². The molecule has 0 unspecified atom stereocenters. The molecule has 0 saturated carbocycles. The maximum atomic E-state index is 4.20. The summed E-state index contributed by atoms with van der Waals surface area (Å²) in [5.41, 5.74) is 2.52. The van der Waals surface area contributed by atoms with E-state index >= 15 is 0 Å². The zero-order valence-electron chi connectivity index (χ0n) is 11.8. The Labute approximate surface area is 124 Å². The standard InChI is InChI=1S/C17H17N4/c1-2-16(12-19-5-1)11-17(13-21-9-8-20-14-21)10-15-3-6-18-7-4-15/h1-9,12,14H,10-11,13H2. The first-order valence-corrected chi connectivity index (χ1v) is 6.97. The summed E-state index contributed by atoms with van der Waals surface area (Å²) in [6.07, 6.45) is 15.0. The van der Waals surface area contributed by atoms with Crippen LogP contribution >= 0.6 is 0 Å². The smallest absolute Gasteiger partial charge is 0.0946 e. The van der Waals surface area contributed by atoms with Gasteiger partial charge in [-0.05, 0) is 42.2 Å². The Kier molecular flexibility index (Phi) is 4.36. The van der Waals surface area contributed by atoms with E-state index in [-0.39, 0.29) is 0 Å². The molecule has 0 saturated heterocycles. The van der Waals surface area contributed by atoms with Crippen molar-refractivity contribution >= 4 is 0 Å². The number of hydrogen-bond donors (Lipinski definition) is 0. The number of imidazole rings is 1. The Morgan fingerprint density at radius 3 is 2.43 bits per heavy atom. The first kappa shape index (κ1) is 13.5. The normalized spacial score (nSPS) is 10.9. The third-order valence-electron chi connectivity index (χ3n) is 3.35. The van der Waals surface area contributed by atoms with Crippen LogP contribution in [0, 0.1) is 5.92 Å². The lowest BCUT2D eigenvalue weighted by molar-refractivity contribution is 0.647. The fourth-order valence-corrected chi connectivity index (χ4v) is 2.39. The minimum absolute atomic E-state index is 0.872. The van der Waals surface area contributed by atoms with Crippen molar-refractivity contribution in [1.82, 2.24) is 19.5 Å². The molecule has 0 spiro atoms. The molecule has 1 radical (unpaired) electrons. The quantitative estimate of drug-likeness (QED) is 0.696. The van der Waals surface area contributed by atoms with Crippen molar-refractivity contribution in [3.63, 3.8) is 0 Å². The van der Waals surface area contributed by atoms with Crippen molar-refractivity contribution in [3.05, 3.63) is 84.8 Å². The van der Waals surface area contributed by atoms with Crippen LogP contribution in [0.5, 0.6) is 0 Å². The highest BCUT2D eigenvalue weighted by Crippen LogP contribution is 2.18. The largest absolute Gasteiger partial charge is 0.337 e. The van der Waals surface area contributed by atoms with E-state index in [9.17, 15) is 0 Å². The van der Waals surface area contributed by atoms with Gasteiger partial charge in [-0.2, -0.15) is 0 Å². The SMILES string of the molecule is c1cncc(C[C](Cc2ccncc2)Cn2ccnc2)c1. The van der Waals surface area contributed by atoms with Crippen molar-refractivity contribution in [2.24, 2.45) is 0 Å². The van der Waals surface area contributed by atoms with Crippen LogP contribution in [0.25, 0.3) is 0 Å². The molecule has 3 heterocycles. The molecule has 4 heteroatoms. The molecule has 0 bridgehead atoms. The summed E-state index contributed by atoms with van der Waals surface area (Å²) < 4.78 is 2.10. The fourth-order valence-electron chi connectivity index (χ4n) is 2.39. The van der Waals surface area contributed by atoms with E-state index in [4.69, 9.17) is 0 Å². The average molecular weight is 277 g/mol. The number of hydrogen-bond acceptors (Lipinski definition) is 3. The maximum Gasteiger partial charge on any atom is 0.0946 e. The number of aromatic nitrogens is 4. The van der Waals surface area contributed by atoms with E-state index < -0.39 is 0 Å². The van der Waals surface area contributed by atoms with Crippen LogP contribution in [-0.4, -0.2) is 19.5 Å². The second-order valence-electron chi connectivity index (χ2n) is 5.06. The van der Waals surface area contributed by atoms with Gasteiger partial charge in [0.1, 0.15) is 0 Å². The van der Waals surface area contributed by atoms with Crippen LogP contribution < -0.4 is 0 Å². The zero-order chi connectivity index (χ0) is 14.3. The van der Waals surface area contributed by atoms with E-state index in [1.807, 2.05) is 49.6 Å². The first-order chi connectivity index (χ1) is 10.4. The minimum Gasteiger partial charge on any atom is -0.337 e. The molecule has 105 valence electrons. The number of rotatable bonds is 6. The second kappa shape index (κ2) is 6.79. The van der Waals surface area contributed by atoms with Crippen molar-refractivity contribution < 1.29 is 0 Å². The van der Waals surface area contributed by atoms with Gasteiger partial charge in [-0.25, -0.2) is 4.98 Å². The maximum absolute atomic E-state index is 4.20. The Morgan fingerprint density at radius 2 is 1.71 bits per heavy atom. The second-order valence-corrected chi connectivity index (χ2v) is 5.06. The summed E-state index contributed by atoms with van der Waals surface area (Å²) in [6, 6.07) is 8.23. The molecule has 0 fully saturated rings. The lowest BCUT2D eigenvalue weighted by Crippen LogP contribution is -2.13. The van der Waals surface area contributed by atoms with Crippen LogP contribution in [0.2, 0.25) is 0 Å². The van der Waals surface area contributed by atoms with Gasteiger partial charge in [-0.1, -0.05) is 6.07 Å². The van der Waals surface area contributed by atoms with Gasteiger partial charge in [0, 0.05) is 49.6 Å². The topological polar surface area (TPSA) is 43.6 Å². The Hall–Kier alpha value is -2.49. The summed E-state index contributed by atoms with van der Waals surface area (Å²) >= 11 is 0. The molecule has 3 aromatic rings. The third-order valence-corrected chi connectivity index (χ3v) is 3.35. The average Bonchev–Trinajstić information content (AvgIpc) is 3.02. The highest BCUT2D eigenvalue weighted by molar-refractivity contribution is 5.21. The summed E-state index contributed by atoms with van der Waals surface area (Å²) in [6.45, 7) is 0.872. The summed E-state index contributed by atoms with van der Waals surface area (Å²) in [7, 11) is 0. The number of nitrogens with zero attached hydrogens (tertiary/aromatic N) is 4. The highest BCUT2D eigenvalue weighted by atomic mass is 15.0. The van der Waals surface area contributed by atoms with Crippen molar-refractivity contribution in [2.75, 3.05) is 0 Å². The number of pyridine rings is 2. The first-order valence-electron chi connectivity index (χ1n) is 6.97. The molecule has 4 nitrogen and oxygen atoms in total.